The summed E-state index contributed by atoms with van der Waals surface area (Å²) in [6.07, 6.45) is 1.06. The molecule has 3 aliphatic rings. The van der Waals surface area contributed by atoms with Gasteiger partial charge >= 0.3 is 6.18 Å². The number of alkyl halides is 3. The minimum atomic E-state index is -4.37. The third kappa shape index (κ3) is 4.63. The van der Waals surface area contributed by atoms with E-state index in [-0.39, 0.29) is 23.7 Å². The van der Waals surface area contributed by atoms with Gasteiger partial charge in [0.25, 0.3) is 0 Å². The summed E-state index contributed by atoms with van der Waals surface area (Å²) in [7, 11) is 1.62. The molecule has 0 aromatic heterocycles. The van der Waals surface area contributed by atoms with Crippen molar-refractivity contribution >= 4 is 17.8 Å². The number of hydrogen-bond donors (Lipinski definition) is 1. The summed E-state index contributed by atoms with van der Waals surface area (Å²) in [4.78, 5) is 15.1. The number of benzene rings is 2. The molecular formula is C27H31F3N4O2. The van der Waals surface area contributed by atoms with E-state index in [2.05, 4.69) is 10.6 Å². The molecule has 0 radical (unpaired) electrons. The van der Waals surface area contributed by atoms with Gasteiger partial charge in [-0.25, -0.2) is 5.53 Å². The van der Waals surface area contributed by atoms with Crippen molar-refractivity contribution in [2.75, 3.05) is 31.8 Å². The molecule has 2 fully saturated rings. The van der Waals surface area contributed by atoms with E-state index in [9.17, 15) is 18.0 Å². The SMILES string of the molecule is COc1cc(C2CN(C(=O)C3CCC3)CCC2c2ccc(C(F)(F)F)cc2)c(C)cc1N1CC=NN1. The van der Waals surface area contributed by atoms with Crippen molar-refractivity contribution in [2.45, 2.75) is 50.6 Å². The summed E-state index contributed by atoms with van der Waals surface area (Å²) in [5, 5.41) is 5.95. The maximum absolute atomic E-state index is 13.2. The molecule has 1 saturated heterocycles. The first-order chi connectivity index (χ1) is 17.3. The Morgan fingerprint density at radius 2 is 1.86 bits per heavy atom. The monoisotopic (exact) mass is 500 g/mol. The van der Waals surface area contributed by atoms with E-state index in [0.29, 0.717) is 31.8 Å². The molecule has 1 amide bonds. The highest BCUT2D eigenvalue weighted by Crippen LogP contribution is 2.45. The second-order valence-corrected chi connectivity index (χ2v) is 9.94. The molecule has 2 aromatic carbocycles. The molecule has 1 N–H and O–H groups in total. The van der Waals surface area contributed by atoms with Crippen LogP contribution in [0.15, 0.2) is 41.5 Å². The van der Waals surface area contributed by atoms with Gasteiger partial charge in [0.05, 0.1) is 19.2 Å². The van der Waals surface area contributed by atoms with Crippen LogP contribution in [0.5, 0.6) is 5.75 Å². The van der Waals surface area contributed by atoms with Crippen molar-refractivity contribution in [3.8, 4) is 5.75 Å². The molecule has 1 saturated carbocycles. The summed E-state index contributed by atoms with van der Waals surface area (Å²) in [5.74, 6) is 0.914. The average molecular weight is 501 g/mol. The number of ether oxygens (including phenoxy) is 1. The van der Waals surface area contributed by atoms with Crippen LogP contribution < -0.4 is 15.3 Å². The zero-order chi connectivity index (χ0) is 25.4. The number of methoxy groups -OCH3 is 1. The number of aryl methyl sites for hydroxylation is 1. The molecule has 36 heavy (non-hydrogen) atoms. The maximum atomic E-state index is 13.2. The van der Waals surface area contributed by atoms with Crippen LogP contribution in [-0.4, -0.2) is 43.8 Å². The first-order valence-electron chi connectivity index (χ1n) is 12.5. The van der Waals surface area contributed by atoms with Gasteiger partial charge in [-0.3, -0.25) is 9.80 Å². The van der Waals surface area contributed by atoms with Crippen LogP contribution in [0.4, 0.5) is 18.9 Å². The Hall–Kier alpha value is -3.23. The van der Waals surface area contributed by atoms with Gasteiger partial charge in [-0.1, -0.05) is 18.6 Å². The lowest BCUT2D eigenvalue weighted by atomic mass is 9.74. The van der Waals surface area contributed by atoms with Crippen molar-refractivity contribution in [1.82, 2.24) is 10.4 Å². The smallest absolute Gasteiger partial charge is 0.416 e. The Morgan fingerprint density at radius 3 is 2.44 bits per heavy atom. The number of likely N-dealkylation sites (tertiary alicyclic amines) is 1. The van der Waals surface area contributed by atoms with E-state index in [0.717, 1.165) is 53.8 Å². The third-order valence-corrected chi connectivity index (χ3v) is 7.84. The number of nitrogens with one attached hydrogen (secondary N) is 1. The van der Waals surface area contributed by atoms with E-state index in [1.54, 1.807) is 25.5 Å². The number of anilines is 1. The van der Waals surface area contributed by atoms with Gasteiger partial charge in [-0.2, -0.15) is 18.3 Å². The molecule has 2 heterocycles. The lowest BCUT2D eigenvalue weighted by Crippen LogP contribution is -2.46. The molecule has 2 aliphatic heterocycles. The minimum absolute atomic E-state index is 0.0137. The summed E-state index contributed by atoms with van der Waals surface area (Å²) >= 11 is 0. The highest BCUT2D eigenvalue weighted by atomic mass is 19.4. The second kappa shape index (κ2) is 9.67. The number of piperidine rings is 1. The number of hydrazone groups is 1. The quantitative estimate of drug-likeness (QED) is 0.611. The van der Waals surface area contributed by atoms with Gasteiger partial charge < -0.3 is 9.64 Å². The summed E-state index contributed by atoms with van der Waals surface area (Å²) < 4.78 is 45.3. The summed E-state index contributed by atoms with van der Waals surface area (Å²) in [5.41, 5.74) is 6.11. The molecule has 2 unspecified atom stereocenters. The maximum Gasteiger partial charge on any atom is 0.416 e. The Balaban J connectivity index is 1.50. The van der Waals surface area contributed by atoms with E-state index in [1.165, 1.54) is 0 Å². The third-order valence-electron chi connectivity index (χ3n) is 7.84. The van der Waals surface area contributed by atoms with E-state index in [4.69, 9.17) is 4.74 Å². The minimum Gasteiger partial charge on any atom is -0.495 e. The number of nitrogens with zero attached hydrogens (tertiary/aromatic N) is 3. The number of amides is 1. The molecule has 6 nitrogen and oxygen atoms in total. The zero-order valence-corrected chi connectivity index (χ0v) is 20.5. The number of halogens is 3. The molecule has 5 rings (SSSR count). The lowest BCUT2D eigenvalue weighted by molar-refractivity contribution is -0.140. The van der Waals surface area contributed by atoms with E-state index in [1.807, 2.05) is 29.0 Å². The van der Waals surface area contributed by atoms with Gasteiger partial charge in [-0.05, 0) is 73.1 Å². The highest BCUT2D eigenvalue weighted by Gasteiger charge is 2.38. The van der Waals surface area contributed by atoms with Crippen LogP contribution in [0.1, 0.15) is 59.8 Å². The normalized spacial score (nSPS) is 22.4. The van der Waals surface area contributed by atoms with E-state index < -0.39 is 11.7 Å². The molecule has 0 spiro atoms. The van der Waals surface area contributed by atoms with Crippen molar-refractivity contribution < 1.29 is 22.7 Å². The number of hydrazine groups is 1. The molecule has 2 aromatic rings. The fourth-order valence-electron chi connectivity index (χ4n) is 5.59. The summed E-state index contributed by atoms with van der Waals surface area (Å²) in [6, 6.07) is 9.57. The predicted molar refractivity (Wildman–Crippen MR) is 132 cm³/mol. The molecule has 1 aliphatic carbocycles. The Kier molecular flexibility index (Phi) is 6.57. The largest absolute Gasteiger partial charge is 0.495 e. The first-order valence-corrected chi connectivity index (χ1v) is 12.5. The highest BCUT2D eigenvalue weighted by molar-refractivity contribution is 5.80. The van der Waals surface area contributed by atoms with Crippen molar-refractivity contribution in [3.05, 3.63) is 58.7 Å². The van der Waals surface area contributed by atoms with E-state index >= 15 is 0 Å². The average Bonchev–Trinajstić information content (AvgIpc) is 3.37. The van der Waals surface area contributed by atoms with Gasteiger partial charge in [0.2, 0.25) is 5.91 Å². The van der Waals surface area contributed by atoms with Crippen molar-refractivity contribution in [3.63, 3.8) is 0 Å². The Morgan fingerprint density at radius 1 is 1.11 bits per heavy atom. The van der Waals surface area contributed by atoms with Crippen LogP contribution in [-0.2, 0) is 11.0 Å². The fraction of sp³-hybridized carbons (Fsp3) is 0.481. The Bertz CT molecular complexity index is 1140. The van der Waals surface area contributed by atoms with Crippen LogP contribution in [0.3, 0.4) is 0 Å². The first kappa shape index (κ1) is 24.5. The van der Waals surface area contributed by atoms with Gasteiger partial charge in [0.1, 0.15) is 11.4 Å². The molecular weight excluding hydrogens is 469 g/mol. The van der Waals surface area contributed by atoms with Crippen LogP contribution in [0.25, 0.3) is 0 Å². The molecule has 192 valence electrons. The zero-order valence-electron chi connectivity index (χ0n) is 20.5. The van der Waals surface area contributed by atoms with Gasteiger partial charge in [0, 0.05) is 31.1 Å². The molecule has 0 bridgehead atoms. The number of carbonyl (C=O) groups is 1. The van der Waals surface area contributed by atoms with Crippen LogP contribution >= 0.6 is 0 Å². The van der Waals surface area contributed by atoms with Crippen molar-refractivity contribution in [1.29, 1.82) is 0 Å². The second-order valence-electron chi connectivity index (χ2n) is 9.94. The standard InChI is InChI=1S/C27H31F3N4O2/c1-17-14-24(34-13-11-31-32-34)25(36-2)15-22(17)23-16-33(26(35)19-4-3-5-19)12-10-21(23)18-6-8-20(9-7-18)27(28,29)30/h6-9,11,14-15,19,21,23,32H,3-5,10,12-13,16H2,1-2H3. The number of carbonyl (C=O) groups excluding carboxylic acids is 1. The number of rotatable bonds is 5. The van der Waals surface area contributed by atoms with Crippen molar-refractivity contribution in [2.24, 2.45) is 11.0 Å². The van der Waals surface area contributed by atoms with Gasteiger partial charge in [-0.15, -0.1) is 0 Å². The topological polar surface area (TPSA) is 57.2 Å². The molecule has 2 atom stereocenters. The molecule has 9 heteroatoms. The van der Waals surface area contributed by atoms with Gasteiger partial charge in [0.15, 0.2) is 0 Å². The fourth-order valence-corrected chi connectivity index (χ4v) is 5.59. The predicted octanol–water partition coefficient (Wildman–Crippen LogP) is 5.23. The lowest BCUT2D eigenvalue weighted by Gasteiger charge is -2.42. The number of hydrogen-bond acceptors (Lipinski definition) is 5. The Labute approximate surface area is 209 Å². The summed E-state index contributed by atoms with van der Waals surface area (Å²) in [6.45, 7) is 3.79. The van der Waals surface area contributed by atoms with Crippen LogP contribution in [0, 0.1) is 12.8 Å². The van der Waals surface area contributed by atoms with Crippen LogP contribution in [0.2, 0.25) is 0 Å².